The van der Waals surface area contributed by atoms with Crippen molar-refractivity contribution in [2.45, 2.75) is 57.6 Å². The Kier molecular flexibility index (Phi) is 7.58. The molecule has 1 saturated heterocycles. The number of aliphatic hydroxyl groups excluding tert-OH is 3. The lowest BCUT2D eigenvalue weighted by molar-refractivity contribution is -0.271. The number of aliphatic hydroxyl groups is 3. The molecular formula is C18H25NO9. The summed E-state index contributed by atoms with van der Waals surface area (Å²) in [6.07, 6.45) is -8.21. The molecule has 28 heavy (non-hydrogen) atoms. The molecule has 0 aromatic heterocycles. The average Bonchev–Trinajstić information content (AvgIpc) is 2.67. The van der Waals surface area contributed by atoms with E-state index in [1.54, 1.807) is 19.1 Å². The molecule has 1 aromatic rings. The molecule has 1 aliphatic rings. The molecule has 10 nitrogen and oxygen atoms in total. The van der Waals surface area contributed by atoms with Crippen molar-refractivity contribution in [1.29, 1.82) is 0 Å². The lowest BCUT2D eigenvalue weighted by Crippen LogP contribution is -2.61. The number of aliphatic carboxylic acids is 1. The van der Waals surface area contributed by atoms with E-state index in [1.807, 2.05) is 6.92 Å². The fourth-order valence-electron chi connectivity index (χ4n) is 2.64. The Morgan fingerprint density at radius 2 is 1.86 bits per heavy atom. The van der Waals surface area contributed by atoms with Gasteiger partial charge in [0, 0.05) is 13.0 Å². The maximum atomic E-state index is 11.3. The monoisotopic (exact) mass is 399 g/mol. The predicted molar refractivity (Wildman–Crippen MR) is 95.6 cm³/mol. The minimum Gasteiger partial charge on any atom is -0.479 e. The van der Waals surface area contributed by atoms with Gasteiger partial charge in [-0.05, 0) is 24.6 Å². The van der Waals surface area contributed by atoms with Gasteiger partial charge >= 0.3 is 11.9 Å². The van der Waals surface area contributed by atoms with Crippen molar-refractivity contribution >= 4 is 17.6 Å². The van der Waals surface area contributed by atoms with Crippen molar-refractivity contribution < 1.29 is 44.2 Å². The fraction of sp³-hybridized carbons (Fsp3) is 0.556. The summed E-state index contributed by atoms with van der Waals surface area (Å²) in [5, 5.41) is 41.9. The summed E-state index contributed by atoms with van der Waals surface area (Å²) in [5.41, 5.74) is 1.19. The van der Waals surface area contributed by atoms with E-state index in [2.05, 4.69) is 5.32 Å². The molecule has 5 unspecified atom stereocenters. The molecule has 0 bridgehead atoms. The van der Waals surface area contributed by atoms with Crippen molar-refractivity contribution in [3.05, 3.63) is 23.8 Å². The highest BCUT2D eigenvalue weighted by molar-refractivity contribution is 5.73. The fourth-order valence-corrected chi connectivity index (χ4v) is 2.64. The van der Waals surface area contributed by atoms with Gasteiger partial charge in [0.15, 0.2) is 6.10 Å². The third kappa shape index (κ3) is 5.10. The number of carboxylic acid groups (broad SMARTS) is 1. The van der Waals surface area contributed by atoms with Gasteiger partial charge in [-0.25, -0.2) is 4.79 Å². The molecule has 5 N–H and O–H groups in total. The standard InChI is InChI=1S/C18H25NO9/c1-3-12(20)26-8-9-5-6-11(10(7-9)19-4-2)27-18-15(23)13(21)14(22)16(28-18)17(24)25/h5-7,13-16,18-19,21-23H,3-4,8H2,1-2H3,(H,24,25). The third-order valence-corrected chi connectivity index (χ3v) is 4.16. The lowest BCUT2D eigenvalue weighted by atomic mass is 9.99. The van der Waals surface area contributed by atoms with Crippen LogP contribution >= 0.6 is 0 Å². The Balaban J connectivity index is 2.19. The quantitative estimate of drug-likeness (QED) is 0.372. The SMILES string of the molecule is CCNc1cc(COC(=O)CC)ccc1OC1OC(C(=O)O)C(O)C(O)C1O. The molecule has 1 aliphatic heterocycles. The molecule has 0 amide bonds. The number of ether oxygens (including phenoxy) is 3. The van der Waals surface area contributed by atoms with Crippen molar-refractivity contribution in [1.82, 2.24) is 0 Å². The number of carbonyl (C=O) groups excluding carboxylic acids is 1. The van der Waals surface area contributed by atoms with Crippen LogP contribution in [0.5, 0.6) is 5.75 Å². The number of hydrogen-bond acceptors (Lipinski definition) is 9. The predicted octanol–water partition coefficient (Wildman–Crippen LogP) is -0.157. The highest BCUT2D eigenvalue weighted by atomic mass is 16.7. The molecule has 0 radical (unpaired) electrons. The van der Waals surface area contributed by atoms with E-state index in [0.717, 1.165) is 0 Å². The van der Waals surface area contributed by atoms with Gasteiger partial charge in [-0.3, -0.25) is 4.79 Å². The maximum Gasteiger partial charge on any atom is 0.335 e. The van der Waals surface area contributed by atoms with Gasteiger partial charge in [0.05, 0.1) is 5.69 Å². The minimum atomic E-state index is -1.80. The number of carboxylic acids is 1. The molecule has 1 heterocycles. The van der Waals surface area contributed by atoms with Gasteiger partial charge in [0.1, 0.15) is 30.7 Å². The molecule has 0 saturated carbocycles. The highest BCUT2D eigenvalue weighted by Crippen LogP contribution is 2.30. The number of nitrogens with one attached hydrogen (secondary N) is 1. The van der Waals surface area contributed by atoms with Crippen LogP contribution in [0.15, 0.2) is 18.2 Å². The molecule has 1 fully saturated rings. The summed E-state index contributed by atoms with van der Waals surface area (Å²) >= 11 is 0. The second kappa shape index (κ2) is 9.69. The van der Waals surface area contributed by atoms with Crippen LogP contribution in [0.2, 0.25) is 0 Å². The Morgan fingerprint density at radius 1 is 1.14 bits per heavy atom. The van der Waals surface area contributed by atoms with Crippen LogP contribution < -0.4 is 10.1 Å². The summed E-state index contributed by atoms with van der Waals surface area (Å²) in [7, 11) is 0. The first-order valence-corrected chi connectivity index (χ1v) is 8.90. The Morgan fingerprint density at radius 3 is 2.46 bits per heavy atom. The van der Waals surface area contributed by atoms with Crippen LogP contribution in [0.3, 0.4) is 0 Å². The van der Waals surface area contributed by atoms with Gasteiger partial charge in [-0.2, -0.15) is 0 Å². The summed E-state index contributed by atoms with van der Waals surface area (Å²) in [6, 6.07) is 4.85. The van der Waals surface area contributed by atoms with Gasteiger partial charge in [-0.15, -0.1) is 0 Å². The number of carbonyl (C=O) groups is 2. The summed E-state index contributed by atoms with van der Waals surface area (Å²) < 4.78 is 15.8. The van der Waals surface area contributed by atoms with Crippen molar-refractivity contribution in [2.24, 2.45) is 0 Å². The van der Waals surface area contributed by atoms with Crippen LogP contribution in [0, 0.1) is 0 Å². The second-order valence-electron chi connectivity index (χ2n) is 6.23. The summed E-state index contributed by atoms with van der Waals surface area (Å²) in [6.45, 7) is 4.14. The summed E-state index contributed by atoms with van der Waals surface area (Å²) in [4.78, 5) is 22.5. The van der Waals surface area contributed by atoms with Crippen LogP contribution in [-0.4, -0.2) is 69.6 Å². The van der Waals surface area contributed by atoms with E-state index in [-0.39, 0.29) is 24.7 Å². The van der Waals surface area contributed by atoms with Crippen LogP contribution in [0.4, 0.5) is 5.69 Å². The zero-order chi connectivity index (χ0) is 20.8. The van der Waals surface area contributed by atoms with E-state index < -0.39 is 36.7 Å². The highest BCUT2D eigenvalue weighted by Gasteiger charge is 2.48. The molecule has 10 heteroatoms. The van der Waals surface area contributed by atoms with Crippen molar-refractivity contribution in [3.63, 3.8) is 0 Å². The average molecular weight is 399 g/mol. The van der Waals surface area contributed by atoms with Gasteiger partial charge in [-0.1, -0.05) is 13.0 Å². The summed E-state index contributed by atoms with van der Waals surface area (Å²) in [5.74, 6) is -1.60. The molecule has 0 aliphatic carbocycles. The molecule has 1 aromatic carbocycles. The van der Waals surface area contributed by atoms with Crippen LogP contribution in [0.25, 0.3) is 0 Å². The molecular weight excluding hydrogens is 374 g/mol. The van der Waals surface area contributed by atoms with E-state index in [1.165, 1.54) is 6.07 Å². The third-order valence-electron chi connectivity index (χ3n) is 4.16. The number of esters is 1. The number of hydrogen-bond donors (Lipinski definition) is 5. The van der Waals surface area contributed by atoms with Gasteiger partial charge in [0.25, 0.3) is 0 Å². The van der Waals surface area contributed by atoms with Crippen LogP contribution in [0.1, 0.15) is 25.8 Å². The Bertz CT molecular complexity index is 696. The van der Waals surface area contributed by atoms with Crippen molar-refractivity contribution in [3.8, 4) is 5.75 Å². The first-order chi connectivity index (χ1) is 13.3. The minimum absolute atomic E-state index is 0.0693. The molecule has 2 rings (SSSR count). The Hall–Kier alpha value is -2.40. The van der Waals surface area contributed by atoms with E-state index in [4.69, 9.17) is 19.3 Å². The number of benzene rings is 1. The zero-order valence-corrected chi connectivity index (χ0v) is 15.6. The first-order valence-electron chi connectivity index (χ1n) is 8.90. The molecule has 156 valence electrons. The zero-order valence-electron chi connectivity index (χ0n) is 15.6. The van der Waals surface area contributed by atoms with E-state index in [0.29, 0.717) is 17.8 Å². The number of rotatable bonds is 8. The Labute approximate surface area is 161 Å². The first kappa shape index (κ1) is 21.9. The topological polar surface area (TPSA) is 155 Å². The molecule has 5 atom stereocenters. The normalized spacial score (nSPS) is 27.1. The van der Waals surface area contributed by atoms with E-state index >= 15 is 0 Å². The largest absolute Gasteiger partial charge is 0.479 e. The molecule has 0 spiro atoms. The van der Waals surface area contributed by atoms with Crippen molar-refractivity contribution in [2.75, 3.05) is 11.9 Å². The maximum absolute atomic E-state index is 11.3. The lowest BCUT2D eigenvalue weighted by Gasteiger charge is -2.38. The van der Waals surface area contributed by atoms with E-state index in [9.17, 15) is 24.9 Å². The smallest absolute Gasteiger partial charge is 0.335 e. The van der Waals surface area contributed by atoms with Gasteiger partial charge in [0.2, 0.25) is 6.29 Å². The number of anilines is 1. The van der Waals surface area contributed by atoms with Crippen LogP contribution in [-0.2, 0) is 25.7 Å². The van der Waals surface area contributed by atoms with Gasteiger partial charge < -0.3 is 40.0 Å². The second-order valence-corrected chi connectivity index (χ2v) is 6.23.